The molecule has 0 aromatic heterocycles. The van der Waals surface area contributed by atoms with Crippen molar-refractivity contribution in [3.63, 3.8) is 0 Å². The van der Waals surface area contributed by atoms with Gasteiger partial charge in [0, 0.05) is 38.5 Å². The molecule has 1 spiro atoms. The van der Waals surface area contributed by atoms with Gasteiger partial charge in [-0.3, -0.25) is 19.2 Å². The third-order valence-corrected chi connectivity index (χ3v) is 10.1. The lowest BCUT2D eigenvalue weighted by Crippen LogP contribution is -2.69. The Kier molecular flexibility index (Phi) is 10.4. The van der Waals surface area contributed by atoms with E-state index in [0.29, 0.717) is 6.42 Å². The minimum absolute atomic E-state index is 0.0380. The summed E-state index contributed by atoms with van der Waals surface area (Å²) >= 11 is 0. The molecule has 2 aliphatic carbocycles. The van der Waals surface area contributed by atoms with Crippen LogP contribution in [0, 0.1) is 11.3 Å². The predicted octanol–water partition coefficient (Wildman–Crippen LogP) is 2.77. The summed E-state index contributed by atoms with van der Waals surface area (Å²) in [6.07, 6.45) is 0.0827. The maximum Gasteiger partial charge on any atom is 0.342 e. The molecule has 4 aliphatic rings. The highest BCUT2D eigenvalue weighted by Crippen LogP contribution is 2.65. The molecule has 0 aromatic rings. The van der Waals surface area contributed by atoms with Crippen molar-refractivity contribution in [3.05, 3.63) is 23.8 Å². The number of aliphatic hydroxyl groups is 2. The summed E-state index contributed by atoms with van der Waals surface area (Å²) < 4.78 is 35.2. The Morgan fingerprint density at radius 3 is 2.06 bits per heavy atom. The molecule has 0 radical (unpaired) electrons. The van der Waals surface area contributed by atoms with E-state index in [4.69, 9.17) is 28.4 Å². The Hall–Kier alpha value is -3.29. The zero-order valence-electron chi connectivity index (χ0n) is 28.4. The zero-order chi connectivity index (χ0) is 35.1. The fraction of sp³-hybridized carbons (Fsp3) is 0.735. The van der Waals surface area contributed by atoms with E-state index in [-0.39, 0.29) is 12.0 Å². The van der Waals surface area contributed by atoms with Gasteiger partial charge in [-0.1, -0.05) is 45.6 Å². The summed E-state index contributed by atoms with van der Waals surface area (Å²) in [6.45, 7) is 11.5. The van der Waals surface area contributed by atoms with Gasteiger partial charge in [0.1, 0.15) is 23.9 Å². The molecule has 2 saturated heterocycles. The summed E-state index contributed by atoms with van der Waals surface area (Å²) in [4.78, 5) is 64.3. The van der Waals surface area contributed by atoms with Crippen molar-refractivity contribution in [2.75, 3.05) is 0 Å². The number of ether oxygens (including phenoxy) is 6. The second-order valence-corrected chi connectivity index (χ2v) is 13.7. The minimum atomic E-state index is -2.10. The highest BCUT2D eigenvalue weighted by molar-refractivity contribution is 5.89. The number of unbranched alkanes of at least 4 members (excludes halogenated alkanes) is 4. The molecule has 2 fully saturated rings. The van der Waals surface area contributed by atoms with Gasteiger partial charge in [-0.05, 0) is 44.9 Å². The number of hydrogen-bond donors (Lipinski definition) is 2. The van der Waals surface area contributed by atoms with Crippen molar-refractivity contribution in [2.45, 2.75) is 147 Å². The molecular weight excluding hydrogens is 616 g/mol. The van der Waals surface area contributed by atoms with Crippen molar-refractivity contribution in [3.8, 4) is 0 Å². The molecule has 2 aliphatic heterocycles. The molecule has 2 N–H and O–H groups in total. The number of epoxide rings is 1. The lowest BCUT2D eigenvalue weighted by Gasteiger charge is -2.56. The maximum atomic E-state index is 13.3. The highest BCUT2D eigenvalue weighted by Gasteiger charge is 2.88. The molecule has 47 heavy (non-hydrogen) atoms. The van der Waals surface area contributed by atoms with Gasteiger partial charge in [-0.25, -0.2) is 4.79 Å². The Bertz CT molecular complexity index is 1330. The average molecular weight is 665 g/mol. The fourth-order valence-corrected chi connectivity index (χ4v) is 7.73. The number of esters is 5. The summed E-state index contributed by atoms with van der Waals surface area (Å²) in [5, 5.41) is 24.2. The van der Waals surface area contributed by atoms with Crippen LogP contribution in [0.5, 0.6) is 0 Å². The van der Waals surface area contributed by atoms with Gasteiger partial charge >= 0.3 is 29.8 Å². The molecule has 262 valence electrons. The molecule has 13 heteroatoms. The summed E-state index contributed by atoms with van der Waals surface area (Å²) in [7, 11) is 0. The standard InChI is InChI=1S/C34H48O13/c1-9-10-11-12-13-14-24(38)46-26-25(39)18(2)17-23-34(33(8,47-34)30(40)45-23)29(44-21(5)37)27-31(6,28(26)43-20(4)36)16-15-22(32(27,7)41)42-19(3)35/h15-17,22-23,25-29,39,41H,9-14H2,1-8H3/b18-17-/t22-,23+,25+,26+,27-,28+,29?,31+,32-,33+,34+/m1/s1. The lowest BCUT2D eigenvalue weighted by atomic mass is 9.55. The Labute approximate surface area is 274 Å². The molecule has 0 saturated carbocycles. The first-order valence-electron chi connectivity index (χ1n) is 16.3. The topological polar surface area (TPSA) is 184 Å². The van der Waals surface area contributed by atoms with Gasteiger partial charge in [-0.15, -0.1) is 0 Å². The molecule has 1 unspecified atom stereocenters. The average Bonchev–Trinajstić information content (AvgIpc) is 3.55. The summed E-state index contributed by atoms with van der Waals surface area (Å²) in [5.41, 5.74) is -6.86. The Morgan fingerprint density at radius 1 is 0.894 bits per heavy atom. The van der Waals surface area contributed by atoms with E-state index >= 15 is 0 Å². The molecule has 4 rings (SSSR count). The molecular formula is C34H48O13. The van der Waals surface area contributed by atoms with Crippen LogP contribution in [0.1, 0.15) is 93.9 Å². The third-order valence-electron chi connectivity index (χ3n) is 10.1. The second kappa shape index (κ2) is 13.3. The summed E-state index contributed by atoms with van der Waals surface area (Å²) in [5.74, 6) is -5.08. The van der Waals surface area contributed by atoms with E-state index in [2.05, 4.69) is 6.92 Å². The van der Waals surface area contributed by atoms with Gasteiger partial charge < -0.3 is 38.6 Å². The normalized spacial score (nSPS) is 41.5. The van der Waals surface area contributed by atoms with E-state index in [0.717, 1.165) is 46.5 Å². The summed E-state index contributed by atoms with van der Waals surface area (Å²) in [6, 6.07) is 0. The number of fused-ring (bicyclic) bond motifs is 1. The van der Waals surface area contributed by atoms with Gasteiger partial charge in [0.2, 0.25) is 0 Å². The smallest absolute Gasteiger partial charge is 0.342 e. The first-order chi connectivity index (χ1) is 21.9. The second-order valence-electron chi connectivity index (χ2n) is 13.7. The molecule has 0 bridgehead atoms. The molecule has 11 atom stereocenters. The van der Waals surface area contributed by atoms with Gasteiger partial charge in [-0.2, -0.15) is 0 Å². The number of carbonyl (C=O) groups excluding carboxylic acids is 5. The maximum absolute atomic E-state index is 13.3. The monoisotopic (exact) mass is 664 g/mol. The number of aliphatic hydroxyl groups excluding tert-OH is 1. The van der Waals surface area contributed by atoms with Crippen LogP contribution in [0.3, 0.4) is 0 Å². The van der Waals surface area contributed by atoms with Crippen molar-refractivity contribution in [2.24, 2.45) is 11.3 Å². The van der Waals surface area contributed by atoms with Crippen LogP contribution in [0.25, 0.3) is 0 Å². The van der Waals surface area contributed by atoms with E-state index in [1.54, 1.807) is 6.92 Å². The fourth-order valence-electron chi connectivity index (χ4n) is 7.73. The first kappa shape index (κ1) is 36.5. The third kappa shape index (κ3) is 6.46. The van der Waals surface area contributed by atoms with Crippen molar-refractivity contribution >= 4 is 29.8 Å². The van der Waals surface area contributed by atoms with Crippen molar-refractivity contribution < 1.29 is 62.6 Å². The number of rotatable bonds is 10. The molecule has 13 nitrogen and oxygen atoms in total. The van der Waals surface area contributed by atoms with E-state index in [1.807, 2.05) is 0 Å². The molecule has 0 aromatic carbocycles. The van der Waals surface area contributed by atoms with Crippen molar-refractivity contribution in [1.82, 2.24) is 0 Å². The Balaban J connectivity index is 1.96. The van der Waals surface area contributed by atoms with Crippen molar-refractivity contribution in [1.29, 1.82) is 0 Å². The molecule has 2 heterocycles. The Morgan fingerprint density at radius 2 is 1.49 bits per heavy atom. The van der Waals surface area contributed by atoms with Gasteiger partial charge in [0.05, 0.1) is 0 Å². The van der Waals surface area contributed by atoms with E-state index < -0.39 is 94.6 Å². The van der Waals surface area contributed by atoms with Crippen LogP contribution in [0.15, 0.2) is 23.8 Å². The van der Waals surface area contributed by atoms with Crippen LogP contribution < -0.4 is 0 Å². The number of carbonyl (C=O) groups is 5. The van der Waals surface area contributed by atoms with E-state index in [1.165, 1.54) is 39.0 Å². The van der Waals surface area contributed by atoms with Gasteiger partial charge in [0.25, 0.3) is 0 Å². The predicted molar refractivity (Wildman–Crippen MR) is 163 cm³/mol. The van der Waals surface area contributed by atoms with Crippen LogP contribution >= 0.6 is 0 Å². The first-order valence-corrected chi connectivity index (χ1v) is 16.3. The number of hydrogen-bond acceptors (Lipinski definition) is 13. The SMILES string of the molecule is CCCCCCCC(=O)O[C@H]1[C@@H](O)/C(C)=C\[C@@H]2OC(=O)[C@]3(C)O[C@]23C(OC(C)=O)[C@H]2[C@](C)(O)[C@H](OC(C)=O)C=C[C@]2(C)[C@H]1OC(C)=O. The zero-order valence-corrected chi connectivity index (χ0v) is 28.4. The van der Waals surface area contributed by atoms with E-state index in [9.17, 15) is 34.2 Å². The quantitative estimate of drug-likeness (QED) is 0.114. The minimum Gasteiger partial charge on any atom is -0.459 e. The van der Waals surface area contributed by atoms with Crippen LogP contribution in [-0.2, 0) is 52.4 Å². The van der Waals surface area contributed by atoms with Gasteiger partial charge in [0.15, 0.2) is 29.5 Å². The largest absolute Gasteiger partial charge is 0.459 e. The highest BCUT2D eigenvalue weighted by atomic mass is 16.7. The van der Waals surface area contributed by atoms with Crippen LogP contribution in [-0.4, -0.2) is 93.5 Å². The van der Waals surface area contributed by atoms with Crippen LogP contribution in [0.4, 0.5) is 0 Å². The lowest BCUT2D eigenvalue weighted by molar-refractivity contribution is -0.232. The van der Waals surface area contributed by atoms with Crippen LogP contribution in [0.2, 0.25) is 0 Å². The molecule has 0 amide bonds.